The second-order valence-corrected chi connectivity index (χ2v) is 11.3. The number of pyridine rings is 1. The van der Waals surface area contributed by atoms with Crippen LogP contribution in [0.3, 0.4) is 0 Å². The molecule has 0 spiro atoms. The van der Waals surface area contributed by atoms with Gasteiger partial charge in [-0.1, -0.05) is 12.1 Å². The third-order valence-electron chi connectivity index (χ3n) is 8.96. The molecule has 7 rings (SSSR count). The van der Waals surface area contributed by atoms with Crippen molar-refractivity contribution in [1.82, 2.24) is 9.88 Å². The van der Waals surface area contributed by atoms with E-state index in [9.17, 15) is 10.1 Å². The Bertz CT molecular complexity index is 1090. The van der Waals surface area contributed by atoms with E-state index in [1.54, 1.807) is 18.3 Å². The molecule has 1 amide bonds. The zero-order chi connectivity index (χ0) is 24.0. The third-order valence-corrected chi connectivity index (χ3v) is 8.96. The number of amides is 1. The fourth-order valence-corrected chi connectivity index (χ4v) is 7.74. The van der Waals surface area contributed by atoms with Gasteiger partial charge in [0.15, 0.2) is 6.10 Å². The minimum atomic E-state index is -0.531. The van der Waals surface area contributed by atoms with Crippen LogP contribution in [0, 0.1) is 29.1 Å². The van der Waals surface area contributed by atoms with Gasteiger partial charge in [-0.05, 0) is 98.4 Å². The van der Waals surface area contributed by atoms with Gasteiger partial charge in [0.2, 0.25) is 0 Å². The molecule has 6 heteroatoms. The predicted molar refractivity (Wildman–Crippen MR) is 134 cm³/mol. The number of hydrogen-bond donors (Lipinski definition) is 0. The fraction of sp³-hybridized carbons (Fsp3) is 0.552. The molecule has 5 fully saturated rings. The van der Waals surface area contributed by atoms with Gasteiger partial charge in [0.25, 0.3) is 5.91 Å². The summed E-state index contributed by atoms with van der Waals surface area (Å²) in [6.45, 7) is 4.35. The molecule has 0 radical (unpaired) electrons. The average molecular weight is 471 g/mol. The number of ether oxygens (including phenoxy) is 1. The van der Waals surface area contributed by atoms with E-state index in [1.807, 2.05) is 11.8 Å². The first kappa shape index (κ1) is 22.4. The molecule has 1 aromatic carbocycles. The summed E-state index contributed by atoms with van der Waals surface area (Å²) in [4.78, 5) is 21.4. The number of rotatable bonds is 5. The van der Waals surface area contributed by atoms with Gasteiger partial charge < -0.3 is 14.5 Å². The summed E-state index contributed by atoms with van der Waals surface area (Å²) in [6.07, 6.45) is 9.60. The molecular weight excluding hydrogens is 436 g/mol. The molecule has 5 aliphatic rings. The molecule has 1 aliphatic heterocycles. The molecular formula is C29H34N4O2. The Morgan fingerprint density at radius 3 is 2.26 bits per heavy atom. The highest BCUT2D eigenvalue weighted by molar-refractivity contribution is 5.81. The maximum Gasteiger partial charge on any atom is 0.263 e. The molecule has 4 bridgehead atoms. The van der Waals surface area contributed by atoms with E-state index < -0.39 is 6.10 Å². The van der Waals surface area contributed by atoms with Crippen LogP contribution in [0.5, 0.6) is 5.75 Å². The Labute approximate surface area is 207 Å². The summed E-state index contributed by atoms with van der Waals surface area (Å²) in [6, 6.07) is 14.4. The second kappa shape index (κ2) is 8.86. The number of anilines is 1. The predicted octanol–water partition coefficient (Wildman–Crippen LogP) is 4.54. The molecule has 35 heavy (non-hydrogen) atoms. The highest BCUT2D eigenvalue weighted by atomic mass is 16.5. The summed E-state index contributed by atoms with van der Waals surface area (Å²) in [7, 11) is 0. The van der Waals surface area contributed by atoms with Gasteiger partial charge in [0.05, 0.1) is 5.56 Å². The topological polar surface area (TPSA) is 69.5 Å². The van der Waals surface area contributed by atoms with Crippen molar-refractivity contribution >= 4 is 11.7 Å². The Morgan fingerprint density at radius 2 is 1.66 bits per heavy atom. The standard InChI is InChI=1S/C29H34N4O2/c1-20(28(34)33-11-9-32(10-12-33)27-24(19-30)3-2-8-31-27)35-26-6-4-25(5-7-26)29-16-21-13-22(17-29)15-23(14-21)18-29/h2-8,20-23H,9-18H2,1H3. The van der Waals surface area contributed by atoms with Crippen LogP contribution in [0.4, 0.5) is 5.82 Å². The van der Waals surface area contributed by atoms with E-state index in [-0.39, 0.29) is 5.91 Å². The van der Waals surface area contributed by atoms with Gasteiger partial charge in [-0.3, -0.25) is 4.79 Å². The average Bonchev–Trinajstić information content (AvgIpc) is 2.88. The molecule has 6 nitrogen and oxygen atoms in total. The summed E-state index contributed by atoms with van der Waals surface area (Å²) in [5.41, 5.74) is 2.43. The molecule has 1 unspecified atom stereocenters. The molecule has 1 aromatic heterocycles. The lowest BCUT2D eigenvalue weighted by Gasteiger charge is -2.57. The first-order chi connectivity index (χ1) is 17.0. The van der Waals surface area contributed by atoms with Gasteiger partial charge >= 0.3 is 0 Å². The number of benzene rings is 1. The second-order valence-electron chi connectivity index (χ2n) is 11.3. The number of carbonyl (C=O) groups excluding carboxylic acids is 1. The SMILES string of the molecule is CC(Oc1ccc(C23CC4CC(CC(C4)C2)C3)cc1)C(=O)N1CCN(c2ncccc2C#N)CC1. The largest absolute Gasteiger partial charge is 0.481 e. The van der Waals surface area contributed by atoms with Crippen LogP contribution >= 0.6 is 0 Å². The van der Waals surface area contributed by atoms with Crippen molar-refractivity contribution in [2.24, 2.45) is 17.8 Å². The number of nitriles is 1. The Hall–Kier alpha value is -3.07. The van der Waals surface area contributed by atoms with Crippen LogP contribution in [-0.2, 0) is 10.2 Å². The van der Waals surface area contributed by atoms with E-state index in [2.05, 4.69) is 40.2 Å². The highest BCUT2D eigenvalue weighted by Gasteiger charge is 2.51. The molecule has 0 N–H and O–H groups in total. The molecule has 4 aliphatic carbocycles. The maximum absolute atomic E-state index is 13.1. The Morgan fingerprint density at radius 1 is 1.03 bits per heavy atom. The van der Waals surface area contributed by atoms with Crippen molar-refractivity contribution in [3.8, 4) is 11.8 Å². The summed E-state index contributed by atoms with van der Waals surface area (Å²) in [5.74, 6) is 4.27. The fourth-order valence-electron chi connectivity index (χ4n) is 7.74. The lowest BCUT2D eigenvalue weighted by Crippen LogP contribution is -2.52. The van der Waals surface area contributed by atoms with Gasteiger partial charge in [-0.25, -0.2) is 4.98 Å². The Balaban J connectivity index is 1.06. The van der Waals surface area contributed by atoms with E-state index in [4.69, 9.17) is 4.74 Å². The van der Waals surface area contributed by atoms with E-state index in [1.165, 1.54) is 44.1 Å². The van der Waals surface area contributed by atoms with E-state index >= 15 is 0 Å². The molecule has 1 atom stereocenters. The van der Waals surface area contributed by atoms with Crippen molar-refractivity contribution in [1.29, 1.82) is 5.26 Å². The summed E-state index contributed by atoms with van der Waals surface area (Å²) in [5, 5.41) is 9.35. The number of aromatic nitrogens is 1. The third kappa shape index (κ3) is 4.16. The zero-order valence-corrected chi connectivity index (χ0v) is 20.5. The number of piperazine rings is 1. The highest BCUT2D eigenvalue weighted by Crippen LogP contribution is 2.60. The normalized spacial score (nSPS) is 30.1. The van der Waals surface area contributed by atoms with Crippen molar-refractivity contribution in [2.45, 2.75) is 57.0 Å². The minimum absolute atomic E-state index is 0.0105. The monoisotopic (exact) mass is 470 g/mol. The first-order valence-corrected chi connectivity index (χ1v) is 13.2. The molecule has 2 aromatic rings. The van der Waals surface area contributed by atoms with Crippen molar-refractivity contribution in [3.63, 3.8) is 0 Å². The molecule has 182 valence electrons. The maximum atomic E-state index is 13.1. The lowest BCUT2D eigenvalue weighted by atomic mass is 9.48. The van der Waals surface area contributed by atoms with Crippen molar-refractivity contribution in [3.05, 3.63) is 53.7 Å². The quantitative estimate of drug-likeness (QED) is 0.642. The number of nitrogens with zero attached hydrogens (tertiary/aromatic N) is 4. The number of hydrogen-bond acceptors (Lipinski definition) is 5. The Kier molecular flexibility index (Phi) is 5.67. The van der Waals surface area contributed by atoms with Gasteiger partial charge in [0, 0.05) is 32.4 Å². The molecule has 1 saturated heterocycles. The van der Waals surface area contributed by atoms with E-state index in [0.717, 1.165) is 23.5 Å². The van der Waals surface area contributed by atoms with Crippen LogP contribution < -0.4 is 9.64 Å². The molecule has 2 heterocycles. The van der Waals surface area contributed by atoms with Crippen molar-refractivity contribution < 1.29 is 9.53 Å². The lowest BCUT2D eigenvalue weighted by molar-refractivity contribution is -0.138. The van der Waals surface area contributed by atoms with Crippen LogP contribution in [0.15, 0.2) is 42.6 Å². The van der Waals surface area contributed by atoms with E-state index in [0.29, 0.717) is 43.0 Å². The van der Waals surface area contributed by atoms with Crippen LogP contribution in [0.25, 0.3) is 0 Å². The van der Waals surface area contributed by atoms with Crippen LogP contribution in [0.2, 0.25) is 0 Å². The van der Waals surface area contributed by atoms with Gasteiger partial charge in [-0.15, -0.1) is 0 Å². The zero-order valence-electron chi connectivity index (χ0n) is 20.5. The smallest absolute Gasteiger partial charge is 0.263 e. The van der Waals surface area contributed by atoms with Crippen LogP contribution in [0.1, 0.15) is 56.6 Å². The van der Waals surface area contributed by atoms with Crippen LogP contribution in [-0.4, -0.2) is 48.1 Å². The van der Waals surface area contributed by atoms with Gasteiger partial charge in [-0.2, -0.15) is 5.26 Å². The van der Waals surface area contributed by atoms with Crippen molar-refractivity contribution in [2.75, 3.05) is 31.1 Å². The summed E-state index contributed by atoms with van der Waals surface area (Å²) >= 11 is 0. The summed E-state index contributed by atoms with van der Waals surface area (Å²) < 4.78 is 6.09. The molecule has 4 saturated carbocycles. The van der Waals surface area contributed by atoms with Gasteiger partial charge in [0.1, 0.15) is 17.6 Å². The number of carbonyl (C=O) groups is 1. The first-order valence-electron chi connectivity index (χ1n) is 13.2. The minimum Gasteiger partial charge on any atom is -0.481 e.